The number of hydrogen-bond donors (Lipinski definition) is 0. The van der Waals surface area contributed by atoms with Crippen molar-refractivity contribution in [3.8, 4) is 5.75 Å². The molecule has 0 bridgehead atoms. The first kappa shape index (κ1) is 15.4. The minimum absolute atomic E-state index is 0.106. The molecule has 0 spiro atoms. The summed E-state index contributed by atoms with van der Waals surface area (Å²) >= 11 is 0. The topological polar surface area (TPSA) is 52.3 Å². The third-order valence-electron chi connectivity index (χ3n) is 4.07. The lowest BCUT2D eigenvalue weighted by atomic mass is 9.96. The van der Waals surface area contributed by atoms with Gasteiger partial charge in [0, 0.05) is 6.42 Å². The Hall–Kier alpha value is -3.09. The molecule has 1 unspecified atom stereocenters. The van der Waals surface area contributed by atoms with E-state index >= 15 is 0 Å². The molecule has 2 heterocycles. The van der Waals surface area contributed by atoms with Gasteiger partial charge in [0.1, 0.15) is 12.1 Å². The highest BCUT2D eigenvalue weighted by Crippen LogP contribution is 2.32. The number of rotatable bonds is 4. The van der Waals surface area contributed by atoms with Crippen molar-refractivity contribution in [1.29, 1.82) is 0 Å². The van der Waals surface area contributed by atoms with Crippen LogP contribution in [0.5, 0.6) is 5.75 Å². The van der Waals surface area contributed by atoms with Gasteiger partial charge < -0.3 is 4.74 Å². The molecule has 1 aliphatic rings. The van der Waals surface area contributed by atoms with E-state index in [1.165, 1.54) is 18.5 Å². The highest BCUT2D eigenvalue weighted by atomic mass is 19.3. The van der Waals surface area contributed by atoms with Crippen LogP contribution in [0.1, 0.15) is 23.6 Å². The Labute approximate surface area is 142 Å². The molecule has 0 saturated heterocycles. The minimum atomic E-state index is -2.83. The van der Waals surface area contributed by atoms with E-state index in [9.17, 15) is 8.78 Å². The Morgan fingerprint density at radius 1 is 1.04 bits per heavy atom. The van der Waals surface area contributed by atoms with E-state index in [0.717, 1.165) is 16.8 Å². The molecule has 0 aliphatic carbocycles. The summed E-state index contributed by atoms with van der Waals surface area (Å²) in [6.07, 6.45) is 2.10. The van der Waals surface area contributed by atoms with Crippen LogP contribution in [-0.4, -0.2) is 27.1 Å². The van der Waals surface area contributed by atoms with Gasteiger partial charge in [0.2, 0.25) is 5.95 Å². The zero-order valence-corrected chi connectivity index (χ0v) is 13.1. The van der Waals surface area contributed by atoms with Crippen molar-refractivity contribution in [3.05, 3.63) is 72.1 Å². The molecule has 7 heteroatoms. The number of nitrogens with zero attached hydrogens (tertiary/aromatic N) is 4. The fourth-order valence-corrected chi connectivity index (χ4v) is 2.92. The Kier molecular flexibility index (Phi) is 3.97. The molecule has 5 nitrogen and oxygen atoms in total. The van der Waals surface area contributed by atoms with Gasteiger partial charge in [-0.3, -0.25) is 0 Å². The van der Waals surface area contributed by atoms with Gasteiger partial charge in [0.15, 0.2) is 0 Å². The number of aliphatic imine (C=N–C) groups is 1. The van der Waals surface area contributed by atoms with Crippen LogP contribution >= 0.6 is 0 Å². The van der Waals surface area contributed by atoms with Gasteiger partial charge >= 0.3 is 6.61 Å². The third-order valence-corrected chi connectivity index (χ3v) is 4.07. The molecule has 1 aromatic heterocycles. The van der Waals surface area contributed by atoms with E-state index in [-0.39, 0.29) is 11.8 Å². The Morgan fingerprint density at radius 3 is 2.52 bits per heavy atom. The average molecular weight is 340 g/mol. The summed E-state index contributed by atoms with van der Waals surface area (Å²) in [4.78, 5) is 8.80. The molecule has 1 atom stereocenters. The van der Waals surface area contributed by atoms with Gasteiger partial charge in [-0.15, -0.1) is 0 Å². The predicted octanol–water partition coefficient (Wildman–Crippen LogP) is 3.99. The molecular weight excluding hydrogens is 326 g/mol. The zero-order valence-electron chi connectivity index (χ0n) is 13.1. The SMILES string of the molecule is FC(F)Oc1ccc(C2CC(c3ccccc3)=Nc3ncnn32)cc1. The van der Waals surface area contributed by atoms with Crippen LogP contribution in [0.2, 0.25) is 0 Å². The first-order valence-corrected chi connectivity index (χ1v) is 7.78. The van der Waals surface area contributed by atoms with Crippen LogP contribution in [0, 0.1) is 0 Å². The van der Waals surface area contributed by atoms with Gasteiger partial charge in [-0.05, 0) is 23.3 Å². The predicted molar refractivity (Wildman–Crippen MR) is 88.5 cm³/mol. The lowest BCUT2D eigenvalue weighted by Crippen LogP contribution is -2.21. The molecule has 25 heavy (non-hydrogen) atoms. The fraction of sp³-hybridized carbons (Fsp3) is 0.167. The fourth-order valence-electron chi connectivity index (χ4n) is 2.92. The molecule has 0 amide bonds. The highest BCUT2D eigenvalue weighted by molar-refractivity contribution is 6.02. The van der Waals surface area contributed by atoms with Gasteiger partial charge in [0.05, 0.1) is 11.8 Å². The molecule has 1 aliphatic heterocycles. The lowest BCUT2D eigenvalue weighted by molar-refractivity contribution is -0.0498. The van der Waals surface area contributed by atoms with Crippen LogP contribution in [0.3, 0.4) is 0 Å². The van der Waals surface area contributed by atoms with Crippen LogP contribution in [0.15, 0.2) is 65.9 Å². The monoisotopic (exact) mass is 340 g/mol. The van der Waals surface area contributed by atoms with Gasteiger partial charge in [-0.25, -0.2) is 9.67 Å². The normalized spacial score (nSPS) is 16.4. The van der Waals surface area contributed by atoms with Crippen molar-refractivity contribution in [2.45, 2.75) is 19.1 Å². The number of hydrogen-bond acceptors (Lipinski definition) is 4. The maximum absolute atomic E-state index is 12.3. The molecule has 3 aromatic rings. The molecule has 0 radical (unpaired) electrons. The molecular formula is C18H14F2N4O. The summed E-state index contributed by atoms with van der Waals surface area (Å²) in [5, 5.41) is 4.26. The second kappa shape index (κ2) is 6.43. The number of halogens is 2. The van der Waals surface area contributed by atoms with Crippen molar-refractivity contribution >= 4 is 11.7 Å². The Morgan fingerprint density at radius 2 is 1.80 bits per heavy atom. The highest BCUT2D eigenvalue weighted by Gasteiger charge is 2.26. The van der Waals surface area contributed by atoms with Crippen LogP contribution in [-0.2, 0) is 0 Å². The summed E-state index contributed by atoms with van der Waals surface area (Å²) in [5.41, 5.74) is 2.87. The van der Waals surface area contributed by atoms with E-state index in [4.69, 9.17) is 0 Å². The van der Waals surface area contributed by atoms with Crippen molar-refractivity contribution in [1.82, 2.24) is 14.8 Å². The number of fused-ring (bicyclic) bond motifs is 1. The molecule has 0 fully saturated rings. The maximum atomic E-state index is 12.3. The molecule has 2 aromatic carbocycles. The van der Waals surface area contributed by atoms with E-state index in [1.807, 2.05) is 30.3 Å². The quantitative estimate of drug-likeness (QED) is 0.721. The molecule has 0 N–H and O–H groups in total. The summed E-state index contributed by atoms with van der Waals surface area (Å²) in [7, 11) is 0. The van der Waals surface area contributed by atoms with Crippen molar-refractivity contribution < 1.29 is 13.5 Å². The van der Waals surface area contributed by atoms with E-state index in [2.05, 4.69) is 19.8 Å². The van der Waals surface area contributed by atoms with Crippen LogP contribution < -0.4 is 4.74 Å². The lowest BCUT2D eigenvalue weighted by Gasteiger charge is -2.24. The van der Waals surface area contributed by atoms with Crippen molar-refractivity contribution in [2.24, 2.45) is 4.99 Å². The first-order chi connectivity index (χ1) is 12.2. The van der Waals surface area contributed by atoms with Crippen molar-refractivity contribution in [2.75, 3.05) is 0 Å². The largest absolute Gasteiger partial charge is 0.435 e. The summed E-state index contributed by atoms with van der Waals surface area (Å²) in [6, 6.07) is 16.4. The van der Waals surface area contributed by atoms with E-state index < -0.39 is 6.61 Å². The molecule has 0 saturated carbocycles. The van der Waals surface area contributed by atoms with E-state index in [1.54, 1.807) is 16.8 Å². The Bertz CT molecular complexity index is 891. The van der Waals surface area contributed by atoms with Crippen LogP contribution in [0.25, 0.3) is 0 Å². The third kappa shape index (κ3) is 3.13. The molecule has 126 valence electrons. The standard InChI is InChI=1S/C18H14F2N4O/c19-17(20)25-14-8-6-13(7-9-14)16-10-15(12-4-2-1-3-5-12)23-18-21-11-22-24(16)18/h1-9,11,16-17H,10H2. The second-order valence-electron chi connectivity index (χ2n) is 5.60. The van der Waals surface area contributed by atoms with Crippen LogP contribution in [0.4, 0.5) is 14.7 Å². The first-order valence-electron chi connectivity index (χ1n) is 7.78. The minimum Gasteiger partial charge on any atom is -0.435 e. The zero-order chi connectivity index (χ0) is 17.2. The van der Waals surface area contributed by atoms with Gasteiger partial charge in [-0.1, -0.05) is 42.5 Å². The second-order valence-corrected chi connectivity index (χ2v) is 5.60. The number of aromatic nitrogens is 3. The number of alkyl halides is 2. The smallest absolute Gasteiger partial charge is 0.387 e. The number of benzene rings is 2. The van der Waals surface area contributed by atoms with Crippen molar-refractivity contribution in [3.63, 3.8) is 0 Å². The maximum Gasteiger partial charge on any atom is 0.387 e. The summed E-state index contributed by atoms with van der Waals surface area (Å²) < 4.78 is 30.8. The average Bonchev–Trinajstić information content (AvgIpc) is 3.10. The van der Waals surface area contributed by atoms with E-state index in [0.29, 0.717) is 12.4 Å². The van der Waals surface area contributed by atoms with Gasteiger partial charge in [-0.2, -0.15) is 18.9 Å². The summed E-state index contributed by atoms with van der Waals surface area (Å²) in [5.74, 6) is 0.660. The summed E-state index contributed by atoms with van der Waals surface area (Å²) in [6.45, 7) is -2.83. The number of ether oxygens (including phenoxy) is 1. The Balaban J connectivity index is 1.67. The molecule has 4 rings (SSSR count). The van der Waals surface area contributed by atoms with Gasteiger partial charge in [0.25, 0.3) is 0 Å².